The topological polar surface area (TPSA) is 89.7 Å². The Labute approximate surface area is 93.7 Å². The standard InChI is InChI=1S/C10H16N2O4/c1-3-16-9(15)10(2,11)6-12-7(13)4-5-8(12)14/h3-6,11H2,1-2H3. The molecule has 0 spiro atoms. The number of rotatable bonds is 4. The van der Waals surface area contributed by atoms with Crippen molar-refractivity contribution in [3.05, 3.63) is 0 Å². The van der Waals surface area contributed by atoms with Crippen LogP contribution in [0, 0.1) is 0 Å². The van der Waals surface area contributed by atoms with Crippen molar-refractivity contribution in [3.63, 3.8) is 0 Å². The third kappa shape index (κ3) is 2.57. The van der Waals surface area contributed by atoms with E-state index in [4.69, 9.17) is 10.5 Å². The van der Waals surface area contributed by atoms with Crippen LogP contribution in [0.3, 0.4) is 0 Å². The van der Waals surface area contributed by atoms with E-state index in [1.165, 1.54) is 6.92 Å². The fourth-order valence-corrected chi connectivity index (χ4v) is 1.49. The van der Waals surface area contributed by atoms with Gasteiger partial charge < -0.3 is 10.5 Å². The first-order chi connectivity index (χ1) is 7.38. The molecule has 0 aromatic rings. The molecule has 1 rings (SSSR count). The first-order valence-electron chi connectivity index (χ1n) is 5.18. The second-order valence-electron chi connectivity index (χ2n) is 4.01. The Morgan fingerprint density at radius 2 is 1.94 bits per heavy atom. The van der Waals surface area contributed by atoms with Gasteiger partial charge in [-0.1, -0.05) is 0 Å². The van der Waals surface area contributed by atoms with Crippen molar-refractivity contribution in [1.29, 1.82) is 0 Å². The molecule has 0 aliphatic carbocycles. The summed E-state index contributed by atoms with van der Waals surface area (Å²) in [7, 11) is 0. The number of nitrogens with two attached hydrogens (primary N) is 1. The van der Waals surface area contributed by atoms with E-state index in [-0.39, 0.29) is 37.8 Å². The van der Waals surface area contributed by atoms with E-state index in [1.54, 1.807) is 6.92 Å². The summed E-state index contributed by atoms with van der Waals surface area (Å²) < 4.78 is 4.77. The zero-order valence-electron chi connectivity index (χ0n) is 9.49. The van der Waals surface area contributed by atoms with Crippen LogP contribution in [0.4, 0.5) is 0 Å². The van der Waals surface area contributed by atoms with E-state index in [2.05, 4.69) is 0 Å². The third-order valence-corrected chi connectivity index (χ3v) is 2.38. The molecule has 0 aromatic heterocycles. The van der Waals surface area contributed by atoms with Crippen LogP contribution in [0.25, 0.3) is 0 Å². The minimum absolute atomic E-state index is 0.122. The summed E-state index contributed by atoms with van der Waals surface area (Å²) in [4.78, 5) is 35.2. The molecule has 1 saturated heterocycles. The average Bonchev–Trinajstić information content (AvgIpc) is 2.49. The second kappa shape index (κ2) is 4.61. The van der Waals surface area contributed by atoms with Crippen LogP contribution in [0.5, 0.6) is 0 Å². The summed E-state index contributed by atoms with van der Waals surface area (Å²) in [5.41, 5.74) is 4.39. The van der Waals surface area contributed by atoms with Crippen molar-refractivity contribution in [1.82, 2.24) is 4.90 Å². The molecular formula is C10H16N2O4. The number of carbonyl (C=O) groups is 3. The van der Waals surface area contributed by atoms with Gasteiger partial charge in [-0.05, 0) is 13.8 Å². The van der Waals surface area contributed by atoms with Gasteiger partial charge in [-0.15, -0.1) is 0 Å². The van der Waals surface area contributed by atoms with Gasteiger partial charge >= 0.3 is 5.97 Å². The normalized spacial score (nSPS) is 19.8. The van der Waals surface area contributed by atoms with Crippen LogP contribution < -0.4 is 5.73 Å². The third-order valence-electron chi connectivity index (χ3n) is 2.38. The molecule has 2 N–H and O–H groups in total. The van der Waals surface area contributed by atoms with Crippen LogP contribution in [0.1, 0.15) is 26.7 Å². The number of esters is 1. The van der Waals surface area contributed by atoms with Crippen molar-refractivity contribution >= 4 is 17.8 Å². The van der Waals surface area contributed by atoms with Crippen LogP contribution >= 0.6 is 0 Å². The molecule has 2 amide bonds. The molecule has 1 aliphatic rings. The van der Waals surface area contributed by atoms with Crippen molar-refractivity contribution < 1.29 is 19.1 Å². The maximum Gasteiger partial charge on any atom is 0.327 e. The van der Waals surface area contributed by atoms with Crippen LogP contribution in [0.15, 0.2) is 0 Å². The molecule has 0 radical (unpaired) electrons. The highest BCUT2D eigenvalue weighted by Crippen LogP contribution is 2.15. The number of ether oxygens (including phenoxy) is 1. The first kappa shape index (κ1) is 12.6. The van der Waals surface area contributed by atoms with Gasteiger partial charge in [-0.2, -0.15) is 0 Å². The minimum atomic E-state index is -1.34. The Hall–Kier alpha value is -1.43. The molecule has 1 atom stereocenters. The van der Waals surface area contributed by atoms with Crippen molar-refractivity contribution in [2.75, 3.05) is 13.2 Å². The quantitative estimate of drug-likeness (QED) is 0.513. The lowest BCUT2D eigenvalue weighted by Gasteiger charge is -2.26. The Morgan fingerprint density at radius 3 is 2.38 bits per heavy atom. The predicted octanol–water partition coefficient (Wildman–Crippen LogP) is -0.584. The van der Waals surface area contributed by atoms with E-state index in [1.807, 2.05) is 0 Å². The van der Waals surface area contributed by atoms with Crippen molar-refractivity contribution in [2.24, 2.45) is 5.73 Å². The lowest BCUT2D eigenvalue weighted by atomic mass is 10.0. The summed E-state index contributed by atoms with van der Waals surface area (Å²) >= 11 is 0. The van der Waals surface area contributed by atoms with Crippen LogP contribution in [-0.2, 0) is 19.1 Å². The van der Waals surface area contributed by atoms with E-state index in [0.717, 1.165) is 4.90 Å². The first-order valence-corrected chi connectivity index (χ1v) is 5.18. The molecular weight excluding hydrogens is 212 g/mol. The van der Waals surface area contributed by atoms with Crippen LogP contribution in [-0.4, -0.2) is 41.4 Å². The van der Waals surface area contributed by atoms with Gasteiger partial charge in [-0.25, -0.2) is 4.79 Å². The van der Waals surface area contributed by atoms with Gasteiger partial charge in [0.15, 0.2) is 0 Å². The molecule has 1 unspecified atom stereocenters. The molecule has 6 nitrogen and oxygen atoms in total. The van der Waals surface area contributed by atoms with Crippen molar-refractivity contribution in [2.45, 2.75) is 32.2 Å². The summed E-state index contributed by atoms with van der Waals surface area (Å²) in [6.45, 7) is 3.21. The Kier molecular flexibility index (Phi) is 3.64. The fraction of sp³-hybridized carbons (Fsp3) is 0.700. The lowest BCUT2D eigenvalue weighted by Crippen LogP contribution is -2.55. The van der Waals surface area contributed by atoms with Gasteiger partial charge in [0.25, 0.3) is 0 Å². The molecule has 1 aliphatic heterocycles. The second-order valence-corrected chi connectivity index (χ2v) is 4.01. The minimum Gasteiger partial charge on any atom is -0.465 e. The zero-order valence-corrected chi connectivity index (χ0v) is 9.49. The van der Waals surface area contributed by atoms with E-state index < -0.39 is 11.5 Å². The van der Waals surface area contributed by atoms with Crippen LogP contribution in [0.2, 0.25) is 0 Å². The highest BCUT2D eigenvalue weighted by Gasteiger charge is 2.38. The number of hydrogen-bond donors (Lipinski definition) is 1. The highest BCUT2D eigenvalue weighted by molar-refractivity contribution is 6.02. The molecule has 0 aromatic carbocycles. The summed E-state index contributed by atoms with van der Waals surface area (Å²) in [5.74, 6) is -1.18. The number of imide groups is 1. The van der Waals surface area contributed by atoms with Crippen molar-refractivity contribution in [3.8, 4) is 0 Å². The van der Waals surface area contributed by atoms with Gasteiger partial charge in [0.1, 0.15) is 5.54 Å². The molecule has 90 valence electrons. The number of likely N-dealkylation sites (tertiary alicyclic amines) is 1. The number of carbonyl (C=O) groups excluding carboxylic acids is 3. The molecule has 16 heavy (non-hydrogen) atoms. The summed E-state index contributed by atoms with van der Waals surface area (Å²) in [6, 6.07) is 0. The molecule has 0 bridgehead atoms. The molecule has 6 heteroatoms. The SMILES string of the molecule is CCOC(=O)C(C)(N)CN1C(=O)CCC1=O. The van der Waals surface area contributed by atoms with E-state index in [9.17, 15) is 14.4 Å². The van der Waals surface area contributed by atoms with Gasteiger partial charge in [0, 0.05) is 12.8 Å². The number of hydrogen-bond acceptors (Lipinski definition) is 5. The Morgan fingerprint density at radius 1 is 1.44 bits per heavy atom. The fourth-order valence-electron chi connectivity index (χ4n) is 1.49. The summed E-state index contributed by atoms with van der Waals surface area (Å²) in [6.07, 6.45) is 0.384. The molecule has 1 fully saturated rings. The predicted molar refractivity (Wildman–Crippen MR) is 55.2 cm³/mol. The average molecular weight is 228 g/mol. The van der Waals surface area contributed by atoms with Gasteiger partial charge in [-0.3, -0.25) is 14.5 Å². The molecule has 1 heterocycles. The van der Waals surface area contributed by atoms with Gasteiger partial charge in [0.2, 0.25) is 11.8 Å². The molecule has 0 saturated carbocycles. The zero-order chi connectivity index (χ0) is 12.3. The maximum absolute atomic E-state index is 11.5. The van der Waals surface area contributed by atoms with E-state index in [0.29, 0.717) is 0 Å². The smallest absolute Gasteiger partial charge is 0.327 e. The maximum atomic E-state index is 11.5. The Bertz CT molecular complexity index is 309. The summed E-state index contributed by atoms with van der Waals surface area (Å²) in [5, 5.41) is 0. The lowest BCUT2D eigenvalue weighted by molar-refractivity contribution is -0.151. The Balaban J connectivity index is 2.68. The van der Waals surface area contributed by atoms with E-state index >= 15 is 0 Å². The van der Waals surface area contributed by atoms with Gasteiger partial charge in [0.05, 0.1) is 13.2 Å². The largest absolute Gasteiger partial charge is 0.465 e. The number of nitrogens with zero attached hydrogens (tertiary/aromatic N) is 1. The highest BCUT2D eigenvalue weighted by atomic mass is 16.5. The monoisotopic (exact) mass is 228 g/mol. The number of amides is 2.